The van der Waals surface area contributed by atoms with Crippen molar-refractivity contribution in [2.45, 2.75) is 12.2 Å². The molecule has 0 amide bonds. The van der Waals surface area contributed by atoms with Crippen LogP contribution in [0.25, 0.3) is 9.88 Å². The summed E-state index contributed by atoms with van der Waals surface area (Å²) in [7, 11) is 0. The fourth-order valence-electron chi connectivity index (χ4n) is 1.56. The highest BCUT2D eigenvalue weighted by molar-refractivity contribution is 9.11. The Morgan fingerprint density at radius 2 is 2.20 bits per heavy atom. The summed E-state index contributed by atoms with van der Waals surface area (Å²) in [6.45, 7) is 0. The van der Waals surface area contributed by atoms with Gasteiger partial charge in [-0.15, -0.1) is 21.5 Å². The van der Waals surface area contributed by atoms with E-state index in [4.69, 9.17) is 0 Å². The number of hydrogen-bond donors (Lipinski definition) is 0. The lowest BCUT2D eigenvalue weighted by atomic mass is 10.2. The molecule has 3 heterocycles. The molecule has 15 heavy (non-hydrogen) atoms. The van der Waals surface area contributed by atoms with E-state index in [1.165, 1.54) is 27.5 Å². The third-order valence-corrected chi connectivity index (χ3v) is 6.01. The highest BCUT2D eigenvalue weighted by atomic mass is 79.9. The Bertz CT molecular complexity index is 468. The SMILES string of the molecule is Brc1nnc(-c2cc3c(s2)CCSC3)s1. The van der Waals surface area contributed by atoms with Gasteiger partial charge in [0.1, 0.15) is 0 Å². The summed E-state index contributed by atoms with van der Waals surface area (Å²) < 4.78 is 0.859. The highest BCUT2D eigenvalue weighted by Crippen LogP contribution is 2.38. The predicted molar refractivity (Wildman–Crippen MR) is 70.8 cm³/mol. The molecular formula is C9H7BrN2S3. The molecule has 2 nitrogen and oxygen atoms in total. The summed E-state index contributed by atoms with van der Waals surface area (Å²) in [5, 5.41) is 9.17. The third kappa shape index (κ3) is 2.00. The van der Waals surface area contributed by atoms with Gasteiger partial charge >= 0.3 is 0 Å². The number of fused-ring (bicyclic) bond motifs is 1. The Balaban J connectivity index is 2.02. The lowest BCUT2D eigenvalue weighted by Gasteiger charge is -2.08. The molecule has 2 aromatic rings. The Kier molecular flexibility index (Phi) is 2.84. The van der Waals surface area contributed by atoms with Gasteiger partial charge in [-0.2, -0.15) is 11.8 Å². The third-order valence-electron chi connectivity index (χ3n) is 2.24. The maximum Gasteiger partial charge on any atom is 0.183 e. The number of nitrogens with zero attached hydrogens (tertiary/aromatic N) is 2. The van der Waals surface area contributed by atoms with Gasteiger partial charge in [-0.1, -0.05) is 11.3 Å². The lowest BCUT2D eigenvalue weighted by molar-refractivity contribution is 1.08. The van der Waals surface area contributed by atoms with Crippen molar-refractivity contribution < 1.29 is 0 Å². The molecule has 2 aromatic heterocycles. The average molecular weight is 319 g/mol. The van der Waals surface area contributed by atoms with E-state index in [9.17, 15) is 0 Å². The van der Waals surface area contributed by atoms with Crippen LogP contribution in [0.1, 0.15) is 10.4 Å². The molecule has 0 N–H and O–H groups in total. The van der Waals surface area contributed by atoms with E-state index in [1.807, 2.05) is 23.1 Å². The number of hydrogen-bond acceptors (Lipinski definition) is 5. The molecule has 0 saturated heterocycles. The minimum absolute atomic E-state index is 0.859. The first-order valence-electron chi connectivity index (χ1n) is 4.51. The van der Waals surface area contributed by atoms with Gasteiger partial charge in [0, 0.05) is 10.6 Å². The Morgan fingerprint density at radius 1 is 1.27 bits per heavy atom. The number of rotatable bonds is 1. The van der Waals surface area contributed by atoms with Gasteiger partial charge in [0.05, 0.1) is 4.88 Å². The lowest BCUT2D eigenvalue weighted by Crippen LogP contribution is -1.96. The Labute approximate surface area is 108 Å². The van der Waals surface area contributed by atoms with Gasteiger partial charge in [-0.3, -0.25) is 0 Å². The first-order valence-corrected chi connectivity index (χ1v) is 8.10. The largest absolute Gasteiger partial charge is 0.183 e. The standard InChI is InChI=1S/C9H7BrN2S3/c10-9-12-11-8(15-9)7-3-5-4-13-2-1-6(5)14-7/h3H,1-2,4H2. The van der Waals surface area contributed by atoms with Crippen LogP contribution in [0.5, 0.6) is 0 Å². The van der Waals surface area contributed by atoms with Crippen molar-refractivity contribution in [1.82, 2.24) is 10.2 Å². The van der Waals surface area contributed by atoms with Crippen molar-refractivity contribution in [3.63, 3.8) is 0 Å². The van der Waals surface area contributed by atoms with E-state index in [2.05, 4.69) is 32.2 Å². The molecule has 0 aliphatic carbocycles. The highest BCUT2D eigenvalue weighted by Gasteiger charge is 2.16. The van der Waals surface area contributed by atoms with Crippen molar-refractivity contribution in [1.29, 1.82) is 0 Å². The number of thioether (sulfide) groups is 1. The number of thiophene rings is 1. The van der Waals surface area contributed by atoms with Gasteiger partial charge < -0.3 is 0 Å². The van der Waals surface area contributed by atoms with Crippen molar-refractivity contribution in [2.75, 3.05) is 5.75 Å². The molecule has 78 valence electrons. The van der Waals surface area contributed by atoms with Crippen LogP contribution in [-0.2, 0) is 12.2 Å². The van der Waals surface area contributed by atoms with Crippen LogP contribution in [0, 0.1) is 0 Å². The summed E-state index contributed by atoms with van der Waals surface area (Å²) in [5.41, 5.74) is 1.50. The van der Waals surface area contributed by atoms with Gasteiger partial charge in [-0.25, -0.2) is 0 Å². The number of aryl methyl sites for hydroxylation is 1. The predicted octanol–water partition coefficient (Wildman–Crippen LogP) is 3.82. The first kappa shape index (κ1) is 10.3. The minimum Gasteiger partial charge on any atom is -0.157 e. The summed E-state index contributed by atoms with van der Waals surface area (Å²) in [6.07, 6.45) is 1.21. The molecule has 0 spiro atoms. The number of aromatic nitrogens is 2. The van der Waals surface area contributed by atoms with E-state index in [-0.39, 0.29) is 0 Å². The molecule has 6 heteroatoms. The molecule has 0 radical (unpaired) electrons. The Hall–Kier alpha value is 0.0900. The molecule has 0 saturated carbocycles. The smallest absolute Gasteiger partial charge is 0.157 e. The zero-order chi connectivity index (χ0) is 10.3. The molecule has 0 fully saturated rings. The average Bonchev–Trinajstić information content (AvgIpc) is 2.82. The molecule has 3 rings (SSSR count). The monoisotopic (exact) mass is 318 g/mol. The zero-order valence-corrected chi connectivity index (χ0v) is 11.7. The summed E-state index contributed by atoms with van der Waals surface area (Å²) in [4.78, 5) is 2.81. The van der Waals surface area contributed by atoms with Gasteiger partial charge in [0.15, 0.2) is 8.92 Å². The molecule has 1 aliphatic rings. The normalized spacial score (nSPS) is 15.3. The van der Waals surface area contributed by atoms with Crippen LogP contribution >= 0.6 is 50.4 Å². The van der Waals surface area contributed by atoms with Gasteiger partial charge in [0.2, 0.25) is 0 Å². The van der Waals surface area contributed by atoms with Crippen LogP contribution in [0.4, 0.5) is 0 Å². The van der Waals surface area contributed by atoms with Crippen LogP contribution in [0.15, 0.2) is 9.98 Å². The van der Waals surface area contributed by atoms with Crippen molar-refractivity contribution in [2.24, 2.45) is 0 Å². The molecule has 0 unspecified atom stereocenters. The van der Waals surface area contributed by atoms with E-state index in [1.54, 1.807) is 11.3 Å². The minimum atomic E-state index is 0.859. The topological polar surface area (TPSA) is 25.8 Å². The Morgan fingerprint density at radius 3 is 2.93 bits per heavy atom. The molecule has 0 bridgehead atoms. The van der Waals surface area contributed by atoms with Crippen LogP contribution in [0.2, 0.25) is 0 Å². The maximum atomic E-state index is 4.15. The van der Waals surface area contributed by atoms with Gasteiger partial charge in [0.25, 0.3) is 0 Å². The molecule has 0 atom stereocenters. The first-order chi connectivity index (χ1) is 7.33. The quantitative estimate of drug-likeness (QED) is 0.799. The fourth-order valence-corrected chi connectivity index (χ4v) is 5.08. The molecular weight excluding hydrogens is 312 g/mol. The van der Waals surface area contributed by atoms with Crippen LogP contribution in [0.3, 0.4) is 0 Å². The van der Waals surface area contributed by atoms with E-state index in [0.29, 0.717) is 0 Å². The van der Waals surface area contributed by atoms with Crippen molar-refractivity contribution in [3.05, 3.63) is 20.4 Å². The second-order valence-corrected chi connectivity index (χ2v) is 7.72. The fraction of sp³-hybridized carbons (Fsp3) is 0.333. The maximum absolute atomic E-state index is 4.15. The van der Waals surface area contributed by atoms with Crippen LogP contribution < -0.4 is 0 Å². The summed E-state index contributed by atoms with van der Waals surface area (Å²) in [5.74, 6) is 2.42. The zero-order valence-electron chi connectivity index (χ0n) is 7.70. The molecule has 0 aromatic carbocycles. The number of halogens is 1. The van der Waals surface area contributed by atoms with Crippen molar-refractivity contribution >= 4 is 50.4 Å². The van der Waals surface area contributed by atoms with Crippen LogP contribution in [-0.4, -0.2) is 16.0 Å². The van der Waals surface area contributed by atoms with E-state index in [0.717, 1.165) is 14.7 Å². The van der Waals surface area contributed by atoms with Crippen molar-refractivity contribution in [3.8, 4) is 9.88 Å². The second kappa shape index (κ2) is 4.16. The molecule has 1 aliphatic heterocycles. The summed E-state index contributed by atoms with van der Waals surface area (Å²) >= 11 is 8.84. The van der Waals surface area contributed by atoms with Gasteiger partial charge in [-0.05, 0) is 39.7 Å². The summed E-state index contributed by atoms with van der Waals surface area (Å²) in [6, 6.07) is 2.28. The second-order valence-electron chi connectivity index (χ2n) is 3.22. The van der Waals surface area contributed by atoms with E-state index < -0.39 is 0 Å². The van der Waals surface area contributed by atoms with E-state index >= 15 is 0 Å².